The number of aldehydes is 1. The van der Waals surface area contributed by atoms with E-state index in [4.69, 9.17) is 14.2 Å². The molecule has 0 unspecified atom stereocenters. The van der Waals surface area contributed by atoms with E-state index < -0.39 is 0 Å². The number of benzene rings is 1. The van der Waals surface area contributed by atoms with Crippen molar-refractivity contribution < 1.29 is 19.0 Å². The summed E-state index contributed by atoms with van der Waals surface area (Å²) in [6, 6.07) is 1.68. The van der Waals surface area contributed by atoms with E-state index in [2.05, 4.69) is 15.9 Å². The summed E-state index contributed by atoms with van der Waals surface area (Å²) in [4.78, 5) is 10.8. The maximum absolute atomic E-state index is 10.8. The summed E-state index contributed by atoms with van der Waals surface area (Å²) in [6.07, 6.45) is 0.758. The zero-order valence-electron chi connectivity index (χ0n) is 8.08. The van der Waals surface area contributed by atoms with E-state index in [-0.39, 0.29) is 6.79 Å². The van der Waals surface area contributed by atoms with Gasteiger partial charge in [-0.1, -0.05) is 0 Å². The highest BCUT2D eigenvalue weighted by Gasteiger charge is 2.22. The summed E-state index contributed by atoms with van der Waals surface area (Å²) in [7, 11) is 1.57. The van der Waals surface area contributed by atoms with Gasteiger partial charge in [-0.25, -0.2) is 0 Å². The third-order valence-corrected chi connectivity index (χ3v) is 2.76. The van der Waals surface area contributed by atoms with E-state index in [1.54, 1.807) is 13.2 Å². The summed E-state index contributed by atoms with van der Waals surface area (Å²) in [5.74, 6) is 1.20. The topological polar surface area (TPSA) is 44.8 Å². The van der Waals surface area contributed by atoms with Gasteiger partial charge in [0.2, 0.25) is 0 Å². The summed E-state index contributed by atoms with van der Waals surface area (Å²) in [6.45, 7) is 0.553. The molecule has 0 radical (unpaired) electrons. The molecule has 0 saturated carbocycles. The number of methoxy groups -OCH3 is 1. The minimum atomic E-state index is 0.165. The van der Waals surface area contributed by atoms with Gasteiger partial charge in [0.25, 0.3) is 0 Å². The third-order valence-electron chi connectivity index (χ3n) is 2.17. The second-order valence-electron chi connectivity index (χ2n) is 3.02. The Morgan fingerprint density at radius 2 is 2.40 bits per heavy atom. The van der Waals surface area contributed by atoms with E-state index >= 15 is 0 Å². The molecule has 0 amide bonds. The molecule has 1 aliphatic rings. The van der Waals surface area contributed by atoms with Crippen molar-refractivity contribution in [1.82, 2.24) is 0 Å². The van der Waals surface area contributed by atoms with E-state index in [9.17, 15) is 4.79 Å². The first-order valence-electron chi connectivity index (χ1n) is 4.33. The van der Waals surface area contributed by atoms with Crippen LogP contribution in [0.1, 0.15) is 15.9 Å². The standard InChI is InChI=1S/C10H9BrO4/c1-13-10-7-4-14-5-15-9(7)6(3-12)2-8(10)11/h2-3H,4-5H2,1H3. The predicted molar refractivity (Wildman–Crippen MR) is 56.4 cm³/mol. The molecular formula is C10H9BrO4. The van der Waals surface area contributed by atoms with Crippen molar-refractivity contribution in [3.63, 3.8) is 0 Å². The van der Waals surface area contributed by atoms with Gasteiger partial charge in [-0.3, -0.25) is 4.79 Å². The minimum Gasteiger partial charge on any atom is -0.495 e. The Morgan fingerprint density at radius 1 is 1.60 bits per heavy atom. The molecule has 0 aromatic heterocycles. The lowest BCUT2D eigenvalue weighted by Gasteiger charge is -2.22. The highest BCUT2D eigenvalue weighted by atomic mass is 79.9. The summed E-state index contributed by atoms with van der Waals surface area (Å²) >= 11 is 3.33. The fraction of sp³-hybridized carbons (Fsp3) is 0.300. The fourth-order valence-electron chi connectivity index (χ4n) is 1.54. The molecule has 0 N–H and O–H groups in total. The molecule has 0 fully saturated rings. The molecule has 0 saturated heterocycles. The van der Waals surface area contributed by atoms with Crippen LogP contribution >= 0.6 is 15.9 Å². The minimum absolute atomic E-state index is 0.165. The van der Waals surface area contributed by atoms with Crippen LogP contribution in [0.5, 0.6) is 11.5 Å². The van der Waals surface area contributed by atoms with Crippen LogP contribution in [-0.2, 0) is 11.3 Å². The van der Waals surface area contributed by atoms with Crippen LogP contribution in [0.25, 0.3) is 0 Å². The van der Waals surface area contributed by atoms with Gasteiger partial charge < -0.3 is 14.2 Å². The first kappa shape index (κ1) is 10.4. The monoisotopic (exact) mass is 272 g/mol. The largest absolute Gasteiger partial charge is 0.495 e. The van der Waals surface area contributed by atoms with Crippen molar-refractivity contribution in [2.75, 3.05) is 13.9 Å². The summed E-state index contributed by atoms with van der Waals surface area (Å²) < 4.78 is 16.4. The lowest BCUT2D eigenvalue weighted by Crippen LogP contribution is -2.14. The smallest absolute Gasteiger partial charge is 0.189 e. The van der Waals surface area contributed by atoms with Gasteiger partial charge in [0.1, 0.15) is 11.5 Å². The van der Waals surface area contributed by atoms with Crippen molar-refractivity contribution in [3.05, 3.63) is 21.7 Å². The molecule has 2 rings (SSSR count). The van der Waals surface area contributed by atoms with Gasteiger partial charge in [-0.2, -0.15) is 0 Å². The average molecular weight is 273 g/mol. The van der Waals surface area contributed by atoms with Crippen LogP contribution in [0.3, 0.4) is 0 Å². The SMILES string of the molecule is COc1c(Br)cc(C=O)c2c1COCO2. The van der Waals surface area contributed by atoms with Crippen LogP contribution in [0, 0.1) is 0 Å². The number of ether oxygens (including phenoxy) is 3. The summed E-state index contributed by atoms with van der Waals surface area (Å²) in [5.41, 5.74) is 1.27. The Morgan fingerprint density at radius 3 is 3.07 bits per heavy atom. The second-order valence-corrected chi connectivity index (χ2v) is 3.87. The average Bonchev–Trinajstić information content (AvgIpc) is 2.28. The summed E-state index contributed by atoms with van der Waals surface area (Å²) in [5, 5.41) is 0. The lowest BCUT2D eigenvalue weighted by molar-refractivity contribution is -0.0178. The van der Waals surface area contributed by atoms with Crippen LogP contribution in [0.15, 0.2) is 10.5 Å². The zero-order valence-corrected chi connectivity index (χ0v) is 9.67. The number of halogens is 1. The number of hydrogen-bond donors (Lipinski definition) is 0. The van der Waals surface area contributed by atoms with Gasteiger partial charge in [-0.05, 0) is 22.0 Å². The Hall–Kier alpha value is -1.07. The predicted octanol–water partition coefficient (Wildman–Crippen LogP) is 2.14. The van der Waals surface area contributed by atoms with Crippen molar-refractivity contribution in [2.45, 2.75) is 6.61 Å². The second kappa shape index (κ2) is 4.20. The maximum atomic E-state index is 10.8. The van der Waals surface area contributed by atoms with Gasteiger partial charge in [-0.15, -0.1) is 0 Å². The zero-order chi connectivity index (χ0) is 10.8. The molecule has 1 heterocycles. The normalized spacial score (nSPS) is 14.0. The number of fused-ring (bicyclic) bond motifs is 1. The van der Waals surface area contributed by atoms with Crippen LogP contribution in [0.2, 0.25) is 0 Å². The molecule has 0 bridgehead atoms. The quantitative estimate of drug-likeness (QED) is 0.774. The number of hydrogen-bond acceptors (Lipinski definition) is 4. The molecule has 0 atom stereocenters. The highest BCUT2D eigenvalue weighted by molar-refractivity contribution is 9.10. The van der Waals surface area contributed by atoms with Crippen LogP contribution in [0.4, 0.5) is 0 Å². The van der Waals surface area contributed by atoms with Crippen molar-refractivity contribution in [1.29, 1.82) is 0 Å². The Labute approximate surface area is 95.3 Å². The molecular weight excluding hydrogens is 264 g/mol. The van der Waals surface area contributed by atoms with Gasteiger partial charge in [0.15, 0.2) is 13.1 Å². The first-order chi connectivity index (χ1) is 7.27. The Kier molecular flexibility index (Phi) is 2.93. The Balaban J connectivity index is 2.65. The molecule has 0 spiro atoms. The molecule has 80 valence electrons. The molecule has 4 nitrogen and oxygen atoms in total. The van der Waals surface area contributed by atoms with Gasteiger partial charge in [0.05, 0.1) is 29.3 Å². The van der Waals surface area contributed by atoms with E-state index in [1.807, 2.05) is 0 Å². The molecule has 1 aliphatic heterocycles. The van der Waals surface area contributed by atoms with Crippen molar-refractivity contribution in [2.24, 2.45) is 0 Å². The van der Waals surface area contributed by atoms with Gasteiger partial charge >= 0.3 is 0 Å². The van der Waals surface area contributed by atoms with Crippen LogP contribution in [-0.4, -0.2) is 20.2 Å². The number of carbonyl (C=O) groups excluding carboxylic acids is 1. The Bertz CT molecular complexity index is 403. The number of carbonyl (C=O) groups is 1. The van der Waals surface area contributed by atoms with Crippen LogP contribution < -0.4 is 9.47 Å². The molecule has 15 heavy (non-hydrogen) atoms. The molecule has 5 heteroatoms. The molecule has 1 aromatic rings. The number of rotatable bonds is 2. The maximum Gasteiger partial charge on any atom is 0.189 e. The fourth-order valence-corrected chi connectivity index (χ4v) is 2.19. The molecule has 0 aliphatic carbocycles. The first-order valence-corrected chi connectivity index (χ1v) is 5.12. The van der Waals surface area contributed by atoms with Crippen molar-refractivity contribution in [3.8, 4) is 11.5 Å². The third kappa shape index (κ3) is 1.72. The van der Waals surface area contributed by atoms with E-state index in [1.165, 1.54) is 0 Å². The van der Waals surface area contributed by atoms with E-state index in [0.29, 0.717) is 23.7 Å². The van der Waals surface area contributed by atoms with E-state index in [0.717, 1.165) is 16.3 Å². The lowest BCUT2D eigenvalue weighted by atomic mass is 10.1. The van der Waals surface area contributed by atoms with Gasteiger partial charge in [0, 0.05) is 0 Å². The van der Waals surface area contributed by atoms with Crippen molar-refractivity contribution >= 4 is 22.2 Å². The highest BCUT2D eigenvalue weighted by Crippen LogP contribution is 2.40. The molecule has 1 aromatic carbocycles.